The minimum absolute atomic E-state index is 0.340. The van der Waals surface area contributed by atoms with Crippen molar-refractivity contribution in [3.63, 3.8) is 0 Å². The van der Waals surface area contributed by atoms with Gasteiger partial charge in [0.1, 0.15) is 5.01 Å². The number of thiazole rings is 1. The fourth-order valence-corrected chi connectivity index (χ4v) is 2.16. The van der Waals surface area contributed by atoms with E-state index in [-0.39, 0.29) is 5.97 Å². The first kappa shape index (κ1) is 10.8. The van der Waals surface area contributed by atoms with E-state index in [9.17, 15) is 4.79 Å². The van der Waals surface area contributed by atoms with Crippen LogP contribution in [0, 0.1) is 6.92 Å². The second-order valence-corrected chi connectivity index (χ2v) is 4.54. The van der Waals surface area contributed by atoms with Crippen LogP contribution in [0.4, 0.5) is 0 Å². The lowest BCUT2D eigenvalue weighted by molar-refractivity contribution is -0.132. The van der Waals surface area contributed by atoms with Crippen molar-refractivity contribution in [3.8, 4) is 16.5 Å². The number of esters is 1. The summed E-state index contributed by atoms with van der Waals surface area (Å²) in [5.41, 5.74) is 1.04. The summed E-state index contributed by atoms with van der Waals surface area (Å²) in [5, 5.41) is 0.870. The Balaban J connectivity index is 2.34. The zero-order chi connectivity index (χ0) is 11.5. The first-order valence-corrected chi connectivity index (χ1v) is 5.70. The molecule has 1 aromatic carbocycles. The van der Waals surface area contributed by atoms with Crippen molar-refractivity contribution in [2.75, 3.05) is 0 Å². The van der Waals surface area contributed by atoms with Crippen LogP contribution in [-0.4, -0.2) is 11.0 Å². The van der Waals surface area contributed by atoms with Crippen molar-refractivity contribution in [1.29, 1.82) is 0 Å². The van der Waals surface area contributed by atoms with Crippen molar-refractivity contribution in [1.82, 2.24) is 4.98 Å². The van der Waals surface area contributed by atoms with Crippen LogP contribution < -0.4 is 4.74 Å². The van der Waals surface area contributed by atoms with Gasteiger partial charge in [0.2, 0.25) is 5.88 Å². The Bertz CT molecular complexity index is 505. The van der Waals surface area contributed by atoms with Crippen LogP contribution in [-0.2, 0) is 4.79 Å². The third-order valence-electron chi connectivity index (χ3n) is 2.02. The summed E-state index contributed by atoms with van der Waals surface area (Å²) < 4.78 is 5.01. The molecule has 0 fully saturated rings. The van der Waals surface area contributed by atoms with E-state index in [2.05, 4.69) is 4.98 Å². The molecular weight excluding hydrogens is 222 g/mol. The molecule has 0 radical (unpaired) electrons. The first-order valence-electron chi connectivity index (χ1n) is 4.88. The monoisotopic (exact) mass is 233 g/mol. The molecule has 82 valence electrons. The van der Waals surface area contributed by atoms with E-state index in [4.69, 9.17) is 4.74 Å². The van der Waals surface area contributed by atoms with Gasteiger partial charge in [-0.05, 0) is 6.92 Å². The van der Waals surface area contributed by atoms with E-state index < -0.39 is 0 Å². The van der Waals surface area contributed by atoms with Gasteiger partial charge >= 0.3 is 5.97 Å². The smallest absolute Gasteiger partial charge is 0.309 e. The van der Waals surface area contributed by atoms with Crippen molar-refractivity contribution in [2.45, 2.75) is 13.8 Å². The minimum Gasteiger partial charge on any atom is -0.406 e. The standard InChI is InChI=1S/C12H11NO2S/c1-8-11(15-9(2)14)13-12(16-8)10-6-4-3-5-7-10/h3-7H,1-2H3. The number of hydrogen-bond acceptors (Lipinski definition) is 4. The maximum absolute atomic E-state index is 10.9. The number of aryl methyl sites for hydroxylation is 1. The average Bonchev–Trinajstić information content (AvgIpc) is 2.61. The summed E-state index contributed by atoms with van der Waals surface area (Å²) >= 11 is 1.52. The number of benzene rings is 1. The van der Waals surface area contributed by atoms with Gasteiger partial charge < -0.3 is 4.74 Å². The lowest BCUT2D eigenvalue weighted by atomic mass is 10.2. The molecule has 0 spiro atoms. The molecule has 0 atom stereocenters. The van der Waals surface area contributed by atoms with Crippen LogP contribution in [0.3, 0.4) is 0 Å². The average molecular weight is 233 g/mol. The summed E-state index contributed by atoms with van der Waals surface area (Å²) in [6.07, 6.45) is 0. The second kappa shape index (κ2) is 4.45. The Morgan fingerprint density at radius 1 is 1.31 bits per heavy atom. The Hall–Kier alpha value is -1.68. The predicted octanol–water partition coefficient (Wildman–Crippen LogP) is 3.04. The van der Waals surface area contributed by atoms with E-state index in [0.29, 0.717) is 5.88 Å². The molecule has 2 rings (SSSR count). The number of hydrogen-bond donors (Lipinski definition) is 0. The van der Waals surface area contributed by atoms with E-state index >= 15 is 0 Å². The summed E-state index contributed by atoms with van der Waals surface area (Å²) in [6, 6.07) is 9.83. The van der Waals surface area contributed by atoms with Gasteiger partial charge in [0.05, 0.1) is 4.88 Å². The Morgan fingerprint density at radius 2 is 2.00 bits per heavy atom. The second-order valence-electron chi connectivity index (χ2n) is 3.34. The molecule has 1 heterocycles. The highest BCUT2D eigenvalue weighted by atomic mass is 32.1. The number of aromatic nitrogens is 1. The molecule has 0 saturated heterocycles. The van der Waals surface area contributed by atoms with Gasteiger partial charge in [-0.1, -0.05) is 30.3 Å². The van der Waals surface area contributed by atoms with Crippen LogP contribution >= 0.6 is 11.3 Å². The summed E-state index contributed by atoms with van der Waals surface area (Å²) in [6.45, 7) is 3.27. The minimum atomic E-state index is -0.340. The van der Waals surface area contributed by atoms with Crippen LogP contribution in [0.15, 0.2) is 30.3 Å². The lowest BCUT2D eigenvalue weighted by Crippen LogP contribution is -2.02. The molecule has 0 aliphatic rings. The number of carbonyl (C=O) groups is 1. The maximum atomic E-state index is 10.9. The number of ether oxygens (including phenoxy) is 1. The van der Waals surface area contributed by atoms with Crippen molar-refractivity contribution < 1.29 is 9.53 Å². The molecule has 0 aliphatic carbocycles. The number of carbonyl (C=O) groups excluding carboxylic acids is 1. The molecule has 0 N–H and O–H groups in total. The molecule has 2 aromatic rings. The zero-order valence-corrected chi connectivity index (χ0v) is 9.88. The fourth-order valence-electron chi connectivity index (χ4n) is 1.32. The molecule has 16 heavy (non-hydrogen) atoms. The van der Waals surface area contributed by atoms with Crippen LogP contribution in [0.25, 0.3) is 10.6 Å². The number of rotatable bonds is 2. The third-order valence-corrected chi connectivity index (χ3v) is 3.02. The third kappa shape index (κ3) is 2.28. The van der Waals surface area contributed by atoms with Gasteiger partial charge in [-0.2, -0.15) is 0 Å². The fraction of sp³-hybridized carbons (Fsp3) is 0.167. The largest absolute Gasteiger partial charge is 0.406 e. The molecule has 3 nitrogen and oxygen atoms in total. The topological polar surface area (TPSA) is 39.2 Å². The molecule has 0 bridgehead atoms. The molecule has 1 aromatic heterocycles. The van der Waals surface area contributed by atoms with Gasteiger partial charge in [0, 0.05) is 12.5 Å². The zero-order valence-electron chi connectivity index (χ0n) is 9.06. The lowest BCUT2D eigenvalue weighted by Gasteiger charge is -1.95. The normalized spacial score (nSPS) is 10.1. The highest BCUT2D eigenvalue weighted by Crippen LogP contribution is 2.31. The van der Waals surface area contributed by atoms with Gasteiger partial charge in [0.15, 0.2) is 0 Å². The highest BCUT2D eigenvalue weighted by Gasteiger charge is 2.11. The van der Waals surface area contributed by atoms with Gasteiger partial charge in [-0.25, -0.2) is 4.98 Å². The Labute approximate surface area is 97.7 Å². The highest BCUT2D eigenvalue weighted by molar-refractivity contribution is 7.15. The van der Waals surface area contributed by atoms with E-state index in [1.165, 1.54) is 18.3 Å². The quantitative estimate of drug-likeness (QED) is 0.748. The van der Waals surface area contributed by atoms with Crippen molar-refractivity contribution >= 4 is 17.3 Å². The SMILES string of the molecule is CC(=O)Oc1nc(-c2ccccc2)sc1C. The van der Waals surface area contributed by atoms with E-state index in [1.807, 2.05) is 37.3 Å². The van der Waals surface area contributed by atoms with Crippen LogP contribution in [0.1, 0.15) is 11.8 Å². The van der Waals surface area contributed by atoms with Gasteiger partial charge in [0.25, 0.3) is 0 Å². The first-order chi connectivity index (χ1) is 7.66. The molecule has 0 unspecified atom stereocenters. The summed E-state index contributed by atoms with van der Waals surface area (Å²) in [7, 11) is 0. The molecule has 0 amide bonds. The van der Waals surface area contributed by atoms with E-state index in [0.717, 1.165) is 15.4 Å². The molecular formula is C12H11NO2S. The molecule has 0 saturated carbocycles. The Kier molecular flexibility index (Phi) is 3.01. The summed E-state index contributed by atoms with van der Waals surface area (Å²) in [4.78, 5) is 16.1. The van der Waals surface area contributed by atoms with Gasteiger partial charge in [-0.15, -0.1) is 11.3 Å². The van der Waals surface area contributed by atoms with Gasteiger partial charge in [-0.3, -0.25) is 4.79 Å². The van der Waals surface area contributed by atoms with Crippen molar-refractivity contribution in [3.05, 3.63) is 35.2 Å². The Morgan fingerprint density at radius 3 is 2.62 bits per heavy atom. The maximum Gasteiger partial charge on any atom is 0.309 e. The predicted molar refractivity (Wildman–Crippen MR) is 63.6 cm³/mol. The van der Waals surface area contributed by atoms with E-state index in [1.54, 1.807) is 0 Å². The van der Waals surface area contributed by atoms with Crippen LogP contribution in [0.2, 0.25) is 0 Å². The molecule has 4 heteroatoms. The summed E-state index contributed by atoms with van der Waals surface area (Å²) in [5.74, 6) is 0.0735. The van der Waals surface area contributed by atoms with Crippen molar-refractivity contribution in [2.24, 2.45) is 0 Å². The number of nitrogens with zero attached hydrogens (tertiary/aromatic N) is 1. The van der Waals surface area contributed by atoms with Crippen LogP contribution in [0.5, 0.6) is 5.88 Å². The molecule has 0 aliphatic heterocycles.